The fourth-order valence-corrected chi connectivity index (χ4v) is 5.01. The van der Waals surface area contributed by atoms with Crippen LogP contribution in [0.25, 0.3) is 0 Å². The first-order chi connectivity index (χ1) is 9.36. The van der Waals surface area contributed by atoms with E-state index in [0.717, 1.165) is 18.4 Å². The minimum absolute atomic E-state index is 0.00641. The number of alkyl halides is 1. The Morgan fingerprint density at radius 2 is 2.00 bits per heavy atom. The average Bonchev–Trinajstić information content (AvgIpc) is 2.41. The van der Waals surface area contributed by atoms with Gasteiger partial charge in [-0.3, -0.25) is 0 Å². The molecule has 0 aliphatic carbocycles. The van der Waals surface area contributed by atoms with Gasteiger partial charge < -0.3 is 0 Å². The molecule has 0 aromatic heterocycles. The predicted molar refractivity (Wildman–Crippen MR) is 82.8 cm³/mol. The van der Waals surface area contributed by atoms with Gasteiger partial charge in [-0.25, -0.2) is 8.42 Å². The minimum atomic E-state index is -3.56. The number of piperidine rings is 1. The first kappa shape index (κ1) is 16.1. The molecule has 1 saturated heterocycles. The SMILES string of the molecule is CC1CCC(C)N(S(=O)(=O)c2cc(CCl)ccc2Cl)C1. The van der Waals surface area contributed by atoms with E-state index in [1.165, 1.54) is 0 Å². The lowest BCUT2D eigenvalue weighted by Gasteiger charge is -2.35. The van der Waals surface area contributed by atoms with Gasteiger partial charge in [-0.05, 0) is 43.4 Å². The van der Waals surface area contributed by atoms with Gasteiger partial charge in [-0.1, -0.05) is 24.6 Å². The third-order valence-electron chi connectivity index (χ3n) is 3.80. The standard InChI is InChI=1S/C14H19Cl2NO2S/c1-10-3-4-11(2)17(9-10)20(18,19)14-7-12(8-15)5-6-13(14)16/h5-7,10-11H,3-4,8-9H2,1-2H3. The summed E-state index contributed by atoms with van der Waals surface area (Å²) in [6.07, 6.45) is 1.94. The van der Waals surface area contributed by atoms with Crippen molar-refractivity contribution < 1.29 is 8.42 Å². The van der Waals surface area contributed by atoms with Gasteiger partial charge in [-0.15, -0.1) is 11.6 Å². The van der Waals surface area contributed by atoms with Crippen LogP contribution in [-0.4, -0.2) is 25.3 Å². The lowest BCUT2D eigenvalue weighted by molar-refractivity contribution is 0.218. The van der Waals surface area contributed by atoms with Crippen molar-refractivity contribution in [2.24, 2.45) is 5.92 Å². The monoisotopic (exact) mass is 335 g/mol. The molecule has 0 spiro atoms. The Morgan fingerprint density at radius 3 is 2.65 bits per heavy atom. The molecule has 3 nitrogen and oxygen atoms in total. The zero-order chi connectivity index (χ0) is 14.9. The highest BCUT2D eigenvalue weighted by atomic mass is 35.5. The maximum Gasteiger partial charge on any atom is 0.244 e. The number of sulfonamides is 1. The highest BCUT2D eigenvalue weighted by Gasteiger charge is 2.34. The van der Waals surface area contributed by atoms with E-state index in [9.17, 15) is 8.42 Å². The molecule has 1 aliphatic rings. The fraction of sp³-hybridized carbons (Fsp3) is 0.571. The van der Waals surface area contributed by atoms with Crippen molar-refractivity contribution >= 4 is 33.2 Å². The molecular weight excluding hydrogens is 317 g/mol. The molecule has 2 rings (SSSR count). The second-order valence-electron chi connectivity index (χ2n) is 5.50. The predicted octanol–water partition coefficient (Wildman–Crippen LogP) is 3.89. The summed E-state index contributed by atoms with van der Waals surface area (Å²) in [6.45, 7) is 4.57. The summed E-state index contributed by atoms with van der Waals surface area (Å²) in [4.78, 5) is 0.165. The van der Waals surface area contributed by atoms with Crippen LogP contribution in [-0.2, 0) is 15.9 Å². The topological polar surface area (TPSA) is 37.4 Å². The number of nitrogens with zero attached hydrogens (tertiary/aromatic N) is 1. The van der Waals surface area contributed by atoms with Crippen molar-refractivity contribution in [1.29, 1.82) is 0 Å². The van der Waals surface area contributed by atoms with Crippen molar-refractivity contribution in [3.05, 3.63) is 28.8 Å². The first-order valence-electron chi connectivity index (χ1n) is 6.72. The van der Waals surface area contributed by atoms with Gasteiger partial charge >= 0.3 is 0 Å². The second-order valence-corrected chi connectivity index (χ2v) is 8.04. The van der Waals surface area contributed by atoms with Crippen LogP contribution in [0.4, 0.5) is 0 Å². The Hall–Kier alpha value is -0.290. The minimum Gasteiger partial charge on any atom is -0.207 e. The van der Waals surface area contributed by atoms with Gasteiger partial charge in [0.05, 0.1) is 5.02 Å². The van der Waals surface area contributed by atoms with E-state index in [2.05, 4.69) is 6.92 Å². The molecule has 2 atom stereocenters. The van der Waals surface area contributed by atoms with Gasteiger partial charge in [0.1, 0.15) is 4.90 Å². The third kappa shape index (κ3) is 3.14. The quantitative estimate of drug-likeness (QED) is 0.786. The summed E-state index contributed by atoms with van der Waals surface area (Å²) >= 11 is 11.9. The van der Waals surface area contributed by atoms with Gasteiger partial charge in [-0.2, -0.15) is 4.31 Å². The third-order valence-corrected chi connectivity index (χ3v) is 6.57. The summed E-state index contributed by atoms with van der Waals surface area (Å²) < 4.78 is 27.2. The van der Waals surface area contributed by atoms with Crippen LogP contribution in [0.5, 0.6) is 0 Å². The lowest BCUT2D eigenvalue weighted by Crippen LogP contribution is -2.44. The van der Waals surface area contributed by atoms with Gasteiger partial charge in [0.15, 0.2) is 0 Å². The highest BCUT2D eigenvalue weighted by Crippen LogP contribution is 2.31. The molecule has 1 fully saturated rings. The summed E-state index contributed by atoms with van der Waals surface area (Å²) in [5.74, 6) is 0.641. The van der Waals surface area contributed by atoms with Gasteiger partial charge in [0, 0.05) is 18.5 Å². The highest BCUT2D eigenvalue weighted by molar-refractivity contribution is 7.89. The molecule has 0 radical (unpaired) electrons. The van der Waals surface area contributed by atoms with Crippen LogP contribution < -0.4 is 0 Å². The second kappa shape index (κ2) is 6.22. The molecule has 6 heteroatoms. The zero-order valence-corrected chi connectivity index (χ0v) is 14.0. The Bertz CT molecular complexity index is 589. The largest absolute Gasteiger partial charge is 0.244 e. The van der Waals surface area contributed by atoms with E-state index in [1.54, 1.807) is 22.5 Å². The van der Waals surface area contributed by atoms with Crippen LogP contribution >= 0.6 is 23.2 Å². The fourth-order valence-electron chi connectivity index (χ4n) is 2.54. The summed E-state index contributed by atoms with van der Waals surface area (Å²) in [5, 5.41) is 0.254. The van der Waals surface area contributed by atoms with E-state index in [0.29, 0.717) is 12.5 Å². The number of benzene rings is 1. The smallest absolute Gasteiger partial charge is 0.207 e. The molecule has 2 unspecified atom stereocenters. The normalized spacial score (nSPS) is 24.8. The van der Waals surface area contributed by atoms with Crippen molar-refractivity contribution in [3.63, 3.8) is 0 Å². The maximum atomic E-state index is 12.8. The van der Waals surface area contributed by atoms with Crippen LogP contribution in [0.15, 0.2) is 23.1 Å². The molecule has 0 amide bonds. The van der Waals surface area contributed by atoms with Crippen LogP contribution in [0, 0.1) is 5.92 Å². The molecule has 0 saturated carbocycles. The van der Waals surface area contributed by atoms with E-state index in [1.807, 2.05) is 6.92 Å². The average molecular weight is 336 g/mol. The van der Waals surface area contributed by atoms with Crippen LogP contribution in [0.2, 0.25) is 5.02 Å². The van der Waals surface area contributed by atoms with Crippen molar-refractivity contribution in [3.8, 4) is 0 Å². The Balaban J connectivity index is 2.43. The summed E-state index contributed by atoms with van der Waals surface area (Å²) in [6, 6.07) is 4.93. The molecular formula is C14H19Cl2NO2S. The molecule has 1 aliphatic heterocycles. The van der Waals surface area contributed by atoms with Gasteiger partial charge in [0.25, 0.3) is 0 Å². The van der Waals surface area contributed by atoms with Crippen molar-refractivity contribution in [1.82, 2.24) is 4.31 Å². The molecule has 0 bridgehead atoms. The summed E-state index contributed by atoms with van der Waals surface area (Å²) in [7, 11) is -3.56. The zero-order valence-electron chi connectivity index (χ0n) is 11.6. The van der Waals surface area contributed by atoms with Crippen LogP contribution in [0.1, 0.15) is 32.3 Å². The summed E-state index contributed by atoms with van der Waals surface area (Å²) in [5.41, 5.74) is 0.757. The molecule has 112 valence electrons. The van der Waals surface area contributed by atoms with Crippen molar-refractivity contribution in [2.75, 3.05) is 6.54 Å². The molecule has 1 aromatic rings. The van der Waals surface area contributed by atoms with E-state index in [4.69, 9.17) is 23.2 Å². The molecule has 20 heavy (non-hydrogen) atoms. The van der Waals surface area contributed by atoms with E-state index in [-0.39, 0.29) is 21.8 Å². The maximum absolute atomic E-state index is 12.8. The van der Waals surface area contributed by atoms with E-state index < -0.39 is 10.0 Å². The number of hydrogen-bond acceptors (Lipinski definition) is 2. The number of hydrogen-bond donors (Lipinski definition) is 0. The Labute approximate surface area is 130 Å². The molecule has 1 heterocycles. The molecule has 1 aromatic carbocycles. The first-order valence-corrected chi connectivity index (χ1v) is 9.07. The van der Waals surface area contributed by atoms with Crippen LogP contribution in [0.3, 0.4) is 0 Å². The van der Waals surface area contributed by atoms with Gasteiger partial charge in [0.2, 0.25) is 10.0 Å². The van der Waals surface area contributed by atoms with E-state index >= 15 is 0 Å². The lowest BCUT2D eigenvalue weighted by atomic mass is 9.97. The molecule has 0 N–H and O–H groups in total. The number of rotatable bonds is 3. The number of halogens is 2. The Morgan fingerprint density at radius 1 is 1.30 bits per heavy atom. The van der Waals surface area contributed by atoms with Crippen molar-refractivity contribution in [2.45, 2.75) is 43.5 Å². The Kier molecular flexibility index (Phi) is 5.00.